The molecule has 0 bridgehead atoms. The van der Waals surface area contributed by atoms with Crippen molar-refractivity contribution in [3.8, 4) is 68.2 Å². The molecular weight excluding hydrogens is 855 g/mol. The molecule has 0 saturated carbocycles. The molecule has 0 radical (unpaired) electrons. The zero-order valence-corrected chi connectivity index (χ0v) is 37.7. The van der Waals surface area contributed by atoms with Crippen molar-refractivity contribution < 1.29 is 4.74 Å². The lowest BCUT2D eigenvalue weighted by Crippen LogP contribution is -2.37. The van der Waals surface area contributed by atoms with E-state index < -0.39 is 5.41 Å². The van der Waals surface area contributed by atoms with Gasteiger partial charge in [-0.05, 0) is 82.9 Å². The molecule has 13 aromatic rings. The van der Waals surface area contributed by atoms with Crippen molar-refractivity contribution in [1.82, 2.24) is 24.1 Å². The van der Waals surface area contributed by atoms with Crippen LogP contribution in [0.4, 0.5) is 0 Å². The van der Waals surface area contributed by atoms with Crippen molar-refractivity contribution in [3.63, 3.8) is 0 Å². The molecular formula is C64H39N5O. The fraction of sp³-hybridized carbons (Fsp3) is 0.0156. The predicted molar refractivity (Wildman–Crippen MR) is 282 cm³/mol. The van der Waals surface area contributed by atoms with Gasteiger partial charge >= 0.3 is 0 Å². The molecule has 0 saturated heterocycles. The van der Waals surface area contributed by atoms with Crippen LogP contribution < -0.4 is 4.74 Å². The highest BCUT2D eigenvalue weighted by Crippen LogP contribution is 2.61. The third-order valence-corrected chi connectivity index (χ3v) is 14.6. The van der Waals surface area contributed by atoms with E-state index in [9.17, 15) is 0 Å². The summed E-state index contributed by atoms with van der Waals surface area (Å²) in [6, 6.07) is 84.4. The predicted octanol–water partition coefficient (Wildman–Crippen LogP) is 15.5. The fourth-order valence-electron chi connectivity index (χ4n) is 11.7. The van der Waals surface area contributed by atoms with Gasteiger partial charge in [-0.3, -0.25) is 0 Å². The Morgan fingerprint density at radius 1 is 0.343 bits per heavy atom. The van der Waals surface area contributed by atoms with Gasteiger partial charge in [-0.1, -0.05) is 176 Å². The molecule has 0 aliphatic carbocycles. The van der Waals surface area contributed by atoms with Gasteiger partial charge in [0.15, 0.2) is 17.5 Å². The van der Waals surface area contributed by atoms with Gasteiger partial charge < -0.3 is 13.9 Å². The smallest absolute Gasteiger partial charge is 0.164 e. The van der Waals surface area contributed by atoms with Crippen LogP contribution in [0.15, 0.2) is 237 Å². The molecule has 5 heterocycles. The quantitative estimate of drug-likeness (QED) is 0.173. The highest BCUT2D eigenvalue weighted by molar-refractivity contribution is 6.16. The van der Waals surface area contributed by atoms with Crippen molar-refractivity contribution >= 4 is 43.6 Å². The Hall–Kier alpha value is -9.39. The van der Waals surface area contributed by atoms with Gasteiger partial charge in [0.2, 0.25) is 0 Å². The lowest BCUT2D eigenvalue weighted by Gasteiger charge is -2.45. The van der Waals surface area contributed by atoms with Gasteiger partial charge in [-0.15, -0.1) is 0 Å². The highest BCUT2D eigenvalue weighted by Gasteiger charge is 2.50. The number of benzene rings is 10. The second-order valence-corrected chi connectivity index (χ2v) is 18.3. The summed E-state index contributed by atoms with van der Waals surface area (Å²) in [6.45, 7) is 0. The minimum Gasteiger partial charge on any atom is -0.457 e. The molecule has 326 valence electrons. The molecule has 1 atom stereocenters. The summed E-state index contributed by atoms with van der Waals surface area (Å²) in [5.41, 5.74) is 15.8. The van der Waals surface area contributed by atoms with Crippen LogP contribution in [0.3, 0.4) is 0 Å². The number of hydrogen-bond acceptors (Lipinski definition) is 4. The van der Waals surface area contributed by atoms with Crippen LogP contribution in [-0.2, 0) is 5.41 Å². The van der Waals surface area contributed by atoms with Gasteiger partial charge in [0.25, 0.3) is 0 Å². The van der Waals surface area contributed by atoms with Crippen LogP contribution in [0.2, 0.25) is 0 Å². The standard InChI is InChI=1S/C64H39N5O/c1-4-18-40(19-5-1)61-65-62(41-20-6-2-7-21-41)67-63(66-61)47-26-17-32-56-59(47)48-38-42(34-36-54(48)68(56)44-22-8-3-9-23-44)43-35-37-58-52(39-43)64(50-28-12-15-33-57(50)70-58)49-27-11-14-31-55(49)69-53-30-13-10-24-45(53)46-25-16-29-51(64)60(46)69/h1-39H. The molecule has 15 rings (SSSR count). The van der Waals surface area contributed by atoms with Crippen LogP contribution in [0.5, 0.6) is 11.5 Å². The van der Waals surface area contributed by atoms with Crippen molar-refractivity contribution in [3.05, 3.63) is 259 Å². The molecule has 1 unspecified atom stereocenters. The third kappa shape index (κ3) is 5.41. The summed E-state index contributed by atoms with van der Waals surface area (Å²) < 4.78 is 11.8. The monoisotopic (exact) mass is 893 g/mol. The number of rotatable bonds is 5. The molecule has 0 amide bonds. The van der Waals surface area contributed by atoms with Crippen LogP contribution in [-0.4, -0.2) is 24.1 Å². The van der Waals surface area contributed by atoms with Crippen molar-refractivity contribution in [1.29, 1.82) is 0 Å². The van der Waals surface area contributed by atoms with Crippen LogP contribution in [0.25, 0.3) is 100 Å². The van der Waals surface area contributed by atoms with Gasteiger partial charge in [-0.25, -0.2) is 15.0 Å². The molecule has 0 fully saturated rings. The normalized spacial score (nSPS) is 14.5. The van der Waals surface area contributed by atoms with Crippen molar-refractivity contribution in [2.45, 2.75) is 5.41 Å². The summed E-state index contributed by atoms with van der Waals surface area (Å²) in [5.74, 6) is 3.58. The van der Waals surface area contributed by atoms with Crippen LogP contribution >= 0.6 is 0 Å². The maximum Gasteiger partial charge on any atom is 0.164 e. The van der Waals surface area contributed by atoms with E-state index in [1.165, 1.54) is 38.6 Å². The van der Waals surface area contributed by atoms with Crippen LogP contribution in [0, 0.1) is 0 Å². The lowest BCUT2D eigenvalue weighted by atomic mass is 9.61. The second-order valence-electron chi connectivity index (χ2n) is 18.3. The maximum atomic E-state index is 6.95. The van der Waals surface area contributed by atoms with Gasteiger partial charge in [0, 0.05) is 55.0 Å². The Morgan fingerprint density at radius 3 is 1.71 bits per heavy atom. The molecule has 3 aromatic heterocycles. The number of ether oxygens (including phenoxy) is 1. The minimum atomic E-state index is -0.688. The first kappa shape index (κ1) is 38.7. The fourth-order valence-corrected chi connectivity index (χ4v) is 11.7. The third-order valence-electron chi connectivity index (χ3n) is 14.6. The topological polar surface area (TPSA) is 57.8 Å². The zero-order chi connectivity index (χ0) is 45.9. The largest absolute Gasteiger partial charge is 0.457 e. The van der Waals surface area contributed by atoms with Crippen molar-refractivity contribution in [2.24, 2.45) is 0 Å². The van der Waals surface area contributed by atoms with E-state index in [2.05, 4.69) is 209 Å². The van der Waals surface area contributed by atoms with Crippen LogP contribution in [0.1, 0.15) is 22.3 Å². The molecule has 6 nitrogen and oxygen atoms in total. The summed E-state index contributed by atoms with van der Waals surface area (Å²) in [4.78, 5) is 15.5. The first-order valence-corrected chi connectivity index (χ1v) is 23.8. The summed E-state index contributed by atoms with van der Waals surface area (Å²) in [7, 11) is 0. The molecule has 10 aromatic carbocycles. The average Bonchev–Trinajstić information content (AvgIpc) is 3.96. The molecule has 1 spiro atoms. The summed E-state index contributed by atoms with van der Waals surface area (Å²) in [6.07, 6.45) is 0. The number of fused-ring (bicyclic) bond motifs is 14. The van der Waals surface area contributed by atoms with E-state index in [-0.39, 0.29) is 0 Å². The Kier molecular flexibility index (Phi) is 8.18. The Labute approximate surface area is 403 Å². The first-order valence-electron chi connectivity index (χ1n) is 23.8. The van der Waals surface area contributed by atoms with Crippen molar-refractivity contribution in [2.75, 3.05) is 0 Å². The zero-order valence-electron chi connectivity index (χ0n) is 37.7. The van der Waals surface area contributed by atoms with E-state index in [1.54, 1.807) is 0 Å². The van der Waals surface area contributed by atoms with E-state index in [0.717, 1.165) is 77.9 Å². The summed E-state index contributed by atoms with van der Waals surface area (Å²) >= 11 is 0. The highest BCUT2D eigenvalue weighted by atomic mass is 16.5. The maximum absolute atomic E-state index is 6.95. The molecule has 0 N–H and O–H groups in total. The van der Waals surface area contributed by atoms with E-state index in [1.807, 2.05) is 36.4 Å². The molecule has 70 heavy (non-hydrogen) atoms. The van der Waals surface area contributed by atoms with Gasteiger partial charge in [0.05, 0.1) is 33.2 Å². The number of aromatic nitrogens is 5. The molecule has 2 aliphatic rings. The summed E-state index contributed by atoms with van der Waals surface area (Å²) in [5, 5.41) is 4.65. The number of nitrogens with zero attached hydrogens (tertiary/aromatic N) is 5. The Morgan fingerprint density at radius 2 is 0.914 bits per heavy atom. The Bertz CT molecular complexity index is 4210. The number of para-hydroxylation sites is 5. The van der Waals surface area contributed by atoms with E-state index in [4.69, 9.17) is 19.7 Å². The average molecular weight is 894 g/mol. The minimum absolute atomic E-state index is 0.616. The Balaban J connectivity index is 0.996. The molecule has 2 aliphatic heterocycles. The second kappa shape index (κ2) is 14.8. The van der Waals surface area contributed by atoms with Gasteiger partial charge in [-0.2, -0.15) is 0 Å². The van der Waals surface area contributed by atoms with Gasteiger partial charge in [0.1, 0.15) is 11.5 Å². The number of hydrogen-bond donors (Lipinski definition) is 0. The van der Waals surface area contributed by atoms with E-state index >= 15 is 0 Å². The first-order chi connectivity index (χ1) is 34.7. The molecule has 6 heteroatoms. The van der Waals surface area contributed by atoms with E-state index in [0.29, 0.717) is 17.5 Å². The lowest BCUT2D eigenvalue weighted by molar-refractivity contribution is 0.434. The SMILES string of the molecule is c1ccc(-c2nc(-c3ccccc3)nc(-c3cccc4c3c3cc(-c5ccc6c(c5)C5(c7ccccc7O6)c6ccccc6-n6c7ccccc7c7cccc5c76)ccc3n4-c3ccccc3)n2)cc1.